The smallest absolute Gasteiger partial charge is 0.338 e. The number of hydrogen-bond acceptors (Lipinski definition) is 5. The maximum absolute atomic E-state index is 13.4. The second-order valence-electron chi connectivity index (χ2n) is 5.04. The Labute approximate surface area is 159 Å². The number of ether oxygens (including phenoxy) is 2. The molecular formula is C17H17BrFNO5S. The molecule has 1 N–H and O–H groups in total. The van der Waals surface area contributed by atoms with Gasteiger partial charge in [0.15, 0.2) is 11.6 Å². The van der Waals surface area contributed by atoms with E-state index in [1.807, 2.05) is 0 Å². The summed E-state index contributed by atoms with van der Waals surface area (Å²) >= 11 is 3.15. The van der Waals surface area contributed by atoms with Gasteiger partial charge in [-0.2, -0.15) is 0 Å². The van der Waals surface area contributed by atoms with Gasteiger partial charge in [0.2, 0.25) is 10.0 Å². The Morgan fingerprint density at radius 1 is 1.23 bits per heavy atom. The van der Waals surface area contributed by atoms with Gasteiger partial charge in [0.25, 0.3) is 0 Å². The molecule has 6 nitrogen and oxygen atoms in total. The lowest BCUT2D eigenvalue weighted by molar-refractivity contribution is 0.0526. The third kappa shape index (κ3) is 5.26. The number of esters is 1. The normalized spacial score (nSPS) is 11.2. The van der Waals surface area contributed by atoms with E-state index in [1.54, 1.807) is 13.0 Å². The van der Waals surface area contributed by atoms with Crippen LogP contribution in [-0.2, 0) is 14.8 Å². The van der Waals surface area contributed by atoms with Crippen molar-refractivity contribution in [2.24, 2.45) is 0 Å². The molecule has 0 amide bonds. The van der Waals surface area contributed by atoms with Gasteiger partial charge < -0.3 is 9.47 Å². The molecule has 0 heterocycles. The number of carbonyl (C=O) groups is 1. The Morgan fingerprint density at radius 3 is 2.62 bits per heavy atom. The van der Waals surface area contributed by atoms with Crippen molar-refractivity contribution >= 4 is 31.9 Å². The Hall–Kier alpha value is -1.97. The van der Waals surface area contributed by atoms with Crippen molar-refractivity contribution < 1.29 is 27.1 Å². The van der Waals surface area contributed by atoms with Crippen LogP contribution >= 0.6 is 15.9 Å². The molecule has 2 aromatic rings. The molecule has 0 fully saturated rings. The summed E-state index contributed by atoms with van der Waals surface area (Å²) in [7, 11) is -3.83. The number of benzene rings is 2. The number of rotatable bonds is 8. The number of para-hydroxylation sites is 1. The first-order valence-corrected chi connectivity index (χ1v) is 9.96. The Morgan fingerprint density at radius 2 is 1.96 bits per heavy atom. The number of nitrogens with one attached hydrogen (secondary N) is 1. The maximum atomic E-state index is 13.4. The maximum Gasteiger partial charge on any atom is 0.338 e. The minimum absolute atomic E-state index is 0.0311. The van der Waals surface area contributed by atoms with Gasteiger partial charge >= 0.3 is 5.97 Å². The molecule has 0 aliphatic carbocycles. The molecule has 2 rings (SSSR count). The number of carbonyl (C=O) groups excluding carboxylic acids is 1. The first-order valence-electron chi connectivity index (χ1n) is 7.69. The summed E-state index contributed by atoms with van der Waals surface area (Å²) in [5.74, 6) is -1.01. The second kappa shape index (κ2) is 9.11. The monoisotopic (exact) mass is 445 g/mol. The first-order chi connectivity index (χ1) is 12.3. The molecule has 9 heteroatoms. The number of halogens is 2. The molecular weight excluding hydrogens is 429 g/mol. The Kier molecular flexibility index (Phi) is 7.13. The quantitative estimate of drug-likeness (QED) is 0.498. The first kappa shape index (κ1) is 20.3. The van der Waals surface area contributed by atoms with Gasteiger partial charge in [-0.3, -0.25) is 0 Å². The predicted molar refractivity (Wildman–Crippen MR) is 97.2 cm³/mol. The van der Waals surface area contributed by atoms with Crippen LogP contribution in [0.2, 0.25) is 0 Å². The summed E-state index contributed by atoms with van der Waals surface area (Å²) in [6.45, 7) is 1.81. The molecule has 0 aliphatic heterocycles. The average Bonchev–Trinajstić information content (AvgIpc) is 2.60. The molecule has 0 aromatic heterocycles. The van der Waals surface area contributed by atoms with Crippen LogP contribution in [0.3, 0.4) is 0 Å². The van der Waals surface area contributed by atoms with Gasteiger partial charge in [0, 0.05) is 11.0 Å². The largest absolute Gasteiger partial charge is 0.489 e. The van der Waals surface area contributed by atoms with Crippen LogP contribution < -0.4 is 9.46 Å². The van der Waals surface area contributed by atoms with Crippen molar-refractivity contribution in [1.82, 2.24) is 4.72 Å². The van der Waals surface area contributed by atoms with Gasteiger partial charge in [-0.1, -0.05) is 12.1 Å². The van der Waals surface area contributed by atoms with Crippen LogP contribution in [0.25, 0.3) is 0 Å². The van der Waals surface area contributed by atoms with E-state index in [2.05, 4.69) is 20.7 Å². The van der Waals surface area contributed by atoms with E-state index in [4.69, 9.17) is 9.47 Å². The highest BCUT2D eigenvalue weighted by atomic mass is 79.9. The summed E-state index contributed by atoms with van der Waals surface area (Å²) in [6, 6.07) is 9.90. The van der Waals surface area contributed by atoms with Gasteiger partial charge in [0.1, 0.15) is 6.61 Å². The third-order valence-electron chi connectivity index (χ3n) is 3.22. The van der Waals surface area contributed by atoms with E-state index >= 15 is 0 Å². The van der Waals surface area contributed by atoms with Crippen molar-refractivity contribution in [3.63, 3.8) is 0 Å². The average molecular weight is 446 g/mol. The van der Waals surface area contributed by atoms with Crippen molar-refractivity contribution in [3.05, 3.63) is 58.3 Å². The molecule has 0 radical (unpaired) electrons. The Bertz CT molecular complexity index is 888. The fourth-order valence-electron chi connectivity index (χ4n) is 2.04. The van der Waals surface area contributed by atoms with Crippen LogP contribution in [0.15, 0.2) is 51.8 Å². The molecule has 0 saturated heterocycles. The van der Waals surface area contributed by atoms with E-state index in [1.165, 1.54) is 36.4 Å². The van der Waals surface area contributed by atoms with Crippen LogP contribution in [0.4, 0.5) is 4.39 Å². The van der Waals surface area contributed by atoms with Gasteiger partial charge in [-0.05, 0) is 53.2 Å². The van der Waals surface area contributed by atoms with E-state index in [9.17, 15) is 17.6 Å². The summed E-state index contributed by atoms with van der Waals surface area (Å²) in [5.41, 5.74) is 0.237. The van der Waals surface area contributed by atoms with Crippen molar-refractivity contribution in [1.29, 1.82) is 0 Å². The molecule has 0 saturated carbocycles. The fourth-order valence-corrected chi connectivity index (χ4v) is 4.13. The van der Waals surface area contributed by atoms with Crippen LogP contribution in [-0.4, -0.2) is 34.1 Å². The van der Waals surface area contributed by atoms with Crippen molar-refractivity contribution in [2.75, 3.05) is 19.8 Å². The van der Waals surface area contributed by atoms with E-state index in [0.29, 0.717) is 0 Å². The number of hydrogen-bond donors (Lipinski definition) is 1. The molecule has 140 valence electrons. The van der Waals surface area contributed by atoms with Crippen molar-refractivity contribution in [2.45, 2.75) is 11.8 Å². The van der Waals surface area contributed by atoms with Crippen LogP contribution in [0, 0.1) is 5.82 Å². The summed E-state index contributed by atoms with van der Waals surface area (Å²) in [5, 5.41) is 0. The minimum atomic E-state index is -3.83. The lowest BCUT2D eigenvalue weighted by Gasteiger charge is -2.11. The van der Waals surface area contributed by atoms with E-state index < -0.39 is 21.8 Å². The zero-order valence-corrected chi connectivity index (χ0v) is 16.3. The summed E-state index contributed by atoms with van der Waals surface area (Å²) in [6.07, 6.45) is 0. The summed E-state index contributed by atoms with van der Waals surface area (Å²) in [4.78, 5) is 11.6. The molecule has 26 heavy (non-hydrogen) atoms. The lowest BCUT2D eigenvalue weighted by atomic mass is 10.2. The third-order valence-corrected chi connectivity index (χ3v) is 5.66. The second-order valence-corrected chi connectivity index (χ2v) is 7.63. The molecule has 2 aromatic carbocycles. The zero-order valence-electron chi connectivity index (χ0n) is 13.9. The molecule has 0 unspecified atom stereocenters. The van der Waals surface area contributed by atoms with Crippen LogP contribution in [0.1, 0.15) is 17.3 Å². The van der Waals surface area contributed by atoms with E-state index in [-0.39, 0.29) is 40.4 Å². The highest BCUT2D eigenvalue weighted by Gasteiger charge is 2.19. The highest BCUT2D eigenvalue weighted by Crippen LogP contribution is 2.23. The Balaban J connectivity index is 1.99. The van der Waals surface area contributed by atoms with Gasteiger partial charge in [0.05, 0.1) is 17.1 Å². The highest BCUT2D eigenvalue weighted by molar-refractivity contribution is 9.10. The molecule has 0 bridgehead atoms. The summed E-state index contributed by atoms with van der Waals surface area (Å²) < 4.78 is 50.8. The lowest BCUT2D eigenvalue weighted by Crippen LogP contribution is -2.28. The van der Waals surface area contributed by atoms with Crippen molar-refractivity contribution in [3.8, 4) is 5.75 Å². The molecule has 0 atom stereocenters. The zero-order chi connectivity index (χ0) is 19.2. The standard InChI is InChI=1S/C17H17BrFNO5S/c1-2-24-17(21)12-7-8-16(13(18)11-12)26(22,23)20-9-10-25-15-6-4-3-5-14(15)19/h3-8,11,20H,2,9-10H2,1H3. The fraction of sp³-hybridized carbons (Fsp3) is 0.235. The van der Waals surface area contributed by atoms with Gasteiger partial charge in [-0.15, -0.1) is 0 Å². The van der Waals surface area contributed by atoms with Gasteiger partial charge in [-0.25, -0.2) is 22.3 Å². The van der Waals surface area contributed by atoms with E-state index in [0.717, 1.165) is 0 Å². The van der Waals surface area contributed by atoms with Crippen LogP contribution in [0.5, 0.6) is 5.75 Å². The molecule has 0 aliphatic rings. The SMILES string of the molecule is CCOC(=O)c1ccc(S(=O)(=O)NCCOc2ccccc2F)c(Br)c1. The minimum Gasteiger partial charge on any atom is -0.489 e. The predicted octanol–water partition coefficient (Wildman–Crippen LogP) is 3.12. The molecule has 0 spiro atoms. The topological polar surface area (TPSA) is 81.7 Å². The number of sulfonamides is 1.